The monoisotopic (exact) mass is 440 g/mol. The van der Waals surface area contributed by atoms with Crippen LogP contribution in [0.5, 0.6) is 0 Å². The van der Waals surface area contributed by atoms with Crippen molar-refractivity contribution in [1.82, 2.24) is 18.9 Å². The van der Waals surface area contributed by atoms with Gasteiger partial charge in [0.1, 0.15) is 5.65 Å². The number of rotatable bonds is 5. The maximum Gasteiger partial charge on any atom is 0.262 e. The summed E-state index contributed by atoms with van der Waals surface area (Å²) in [5.41, 5.74) is 3.72. The van der Waals surface area contributed by atoms with E-state index in [4.69, 9.17) is 4.98 Å². The number of thioether (sulfide) groups is 1. The van der Waals surface area contributed by atoms with Gasteiger partial charge >= 0.3 is 0 Å². The lowest BCUT2D eigenvalue weighted by molar-refractivity contribution is 0.658. The summed E-state index contributed by atoms with van der Waals surface area (Å²) in [6.45, 7) is 2.36. The van der Waals surface area contributed by atoms with E-state index in [1.807, 2.05) is 67.6 Å². The van der Waals surface area contributed by atoms with Crippen LogP contribution in [0.25, 0.3) is 16.6 Å². The molecular weight excluding hydrogens is 420 g/mol. The van der Waals surface area contributed by atoms with Crippen LogP contribution in [-0.2, 0) is 12.3 Å². The molecule has 0 spiro atoms. The van der Waals surface area contributed by atoms with Crippen LogP contribution in [0.4, 0.5) is 0 Å². The van der Waals surface area contributed by atoms with Crippen molar-refractivity contribution >= 4 is 28.3 Å². The summed E-state index contributed by atoms with van der Waals surface area (Å²) in [7, 11) is 0. The topological polar surface area (TPSA) is 69.3 Å². The molecule has 0 saturated heterocycles. The normalized spacial score (nSPS) is 11.3. The van der Waals surface area contributed by atoms with Crippen molar-refractivity contribution in [2.45, 2.75) is 24.4 Å². The highest BCUT2D eigenvalue weighted by Gasteiger charge is 2.13. The van der Waals surface area contributed by atoms with E-state index in [1.54, 1.807) is 27.3 Å². The zero-order valence-corrected chi connectivity index (χ0v) is 18.2. The second-order valence-corrected chi connectivity index (χ2v) is 8.54. The number of aryl methyl sites for hydroxylation is 1. The molecule has 2 aromatic carbocycles. The SMILES string of the molecule is Cc1ccc2nc(CSc3nc4ccccc4c(=O)n3Cc3ccccc3)cc(=O)n2c1. The Balaban J connectivity index is 1.54. The highest BCUT2D eigenvalue weighted by molar-refractivity contribution is 7.98. The lowest BCUT2D eigenvalue weighted by atomic mass is 10.2. The number of benzene rings is 2. The van der Waals surface area contributed by atoms with E-state index < -0.39 is 0 Å². The van der Waals surface area contributed by atoms with Gasteiger partial charge in [-0.25, -0.2) is 9.97 Å². The molecule has 0 aliphatic carbocycles. The molecule has 0 amide bonds. The first-order valence-electron chi connectivity index (χ1n) is 10.2. The minimum atomic E-state index is -0.123. The Kier molecular flexibility index (Phi) is 5.33. The van der Waals surface area contributed by atoms with E-state index in [9.17, 15) is 9.59 Å². The molecule has 7 heteroatoms. The second kappa shape index (κ2) is 8.43. The fraction of sp³-hybridized carbons (Fsp3) is 0.120. The molecule has 32 heavy (non-hydrogen) atoms. The molecule has 0 N–H and O–H groups in total. The molecule has 0 unspecified atom stereocenters. The first-order chi connectivity index (χ1) is 15.6. The molecule has 3 aromatic heterocycles. The van der Waals surface area contributed by atoms with Crippen molar-refractivity contribution in [2.24, 2.45) is 0 Å². The van der Waals surface area contributed by atoms with Crippen molar-refractivity contribution in [3.8, 4) is 0 Å². The Morgan fingerprint density at radius 3 is 2.53 bits per heavy atom. The number of aromatic nitrogens is 4. The molecule has 0 atom stereocenters. The maximum atomic E-state index is 13.3. The smallest absolute Gasteiger partial charge is 0.262 e. The van der Waals surface area contributed by atoms with Gasteiger partial charge in [-0.2, -0.15) is 0 Å². The number of nitrogens with zero attached hydrogens (tertiary/aromatic N) is 4. The third kappa shape index (κ3) is 3.94. The average Bonchev–Trinajstić information content (AvgIpc) is 2.81. The highest BCUT2D eigenvalue weighted by Crippen LogP contribution is 2.22. The van der Waals surface area contributed by atoms with Gasteiger partial charge in [0.15, 0.2) is 5.16 Å². The third-order valence-electron chi connectivity index (χ3n) is 5.22. The summed E-state index contributed by atoms with van der Waals surface area (Å²) in [6, 6.07) is 22.5. The maximum absolute atomic E-state index is 13.3. The van der Waals surface area contributed by atoms with E-state index in [-0.39, 0.29) is 11.1 Å². The van der Waals surface area contributed by atoms with Crippen molar-refractivity contribution < 1.29 is 0 Å². The Morgan fingerprint density at radius 2 is 1.69 bits per heavy atom. The molecule has 0 saturated carbocycles. The number of fused-ring (bicyclic) bond motifs is 2. The Bertz CT molecular complexity index is 1560. The van der Waals surface area contributed by atoms with Gasteiger partial charge in [-0.3, -0.25) is 18.6 Å². The molecule has 3 heterocycles. The number of hydrogen-bond acceptors (Lipinski definition) is 5. The van der Waals surface area contributed by atoms with Crippen LogP contribution in [0.3, 0.4) is 0 Å². The van der Waals surface area contributed by atoms with Crippen LogP contribution in [0, 0.1) is 6.92 Å². The van der Waals surface area contributed by atoms with E-state index in [2.05, 4.69) is 4.98 Å². The van der Waals surface area contributed by atoms with Crippen molar-refractivity contribution in [2.75, 3.05) is 0 Å². The average molecular weight is 441 g/mol. The van der Waals surface area contributed by atoms with Crippen LogP contribution in [0.1, 0.15) is 16.8 Å². The summed E-state index contributed by atoms with van der Waals surface area (Å²) in [4.78, 5) is 35.2. The highest BCUT2D eigenvalue weighted by atomic mass is 32.2. The molecule has 5 rings (SSSR count). The van der Waals surface area contributed by atoms with Crippen LogP contribution >= 0.6 is 11.8 Å². The minimum Gasteiger partial charge on any atom is -0.283 e. The van der Waals surface area contributed by atoms with Crippen molar-refractivity contribution in [1.29, 1.82) is 0 Å². The lowest BCUT2D eigenvalue weighted by Gasteiger charge is -2.13. The molecule has 0 bridgehead atoms. The molecule has 0 aliphatic heterocycles. The zero-order chi connectivity index (χ0) is 22.1. The fourth-order valence-electron chi connectivity index (χ4n) is 3.63. The summed E-state index contributed by atoms with van der Waals surface area (Å²) in [5.74, 6) is 0.430. The molecule has 0 radical (unpaired) electrons. The minimum absolute atomic E-state index is 0.0797. The van der Waals surface area contributed by atoms with Crippen LogP contribution in [0.2, 0.25) is 0 Å². The largest absolute Gasteiger partial charge is 0.283 e. The number of hydrogen-bond donors (Lipinski definition) is 0. The molecular formula is C25H20N4O2S. The van der Waals surface area contributed by atoms with Gasteiger partial charge in [-0.05, 0) is 36.2 Å². The summed E-state index contributed by atoms with van der Waals surface area (Å²) in [5, 5.41) is 1.19. The van der Waals surface area contributed by atoms with E-state index in [0.29, 0.717) is 39.7 Å². The molecule has 5 aromatic rings. The third-order valence-corrected chi connectivity index (χ3v) is 6.23. The van der Waals surface area contributed by atoms with Crippen LogP contribution < -0.4 is 11.1 Å². The second-order valence-electron chi connectivity index (χ2n) is 7.60. The Morgan fingerprint density at radius 1 is 0.906 bits per heavy atom. The first-order valence-corrected chi connectivity index (χ1v) is 11.2. The molecule has 6 nitrogen and oxygen atoms in total. The summed E-state index contributed by atoms with van der Waals surface area (Å²) < 4.78 is 3.24. The zero-order valence-electron chi connectivity index (χ0n) is 17.4. The summed E-state index contributed by atoms with van der Waals surface area (Å²) in [6.07, 6.45) is 1.78. The van der Waals surface area contributed by atoms with Gasteiger partial charge in [-0.15, -0.1) is 0 Å². The van der Waals surface area contributed by atoms with Gasteiger partial charge in [0.2, 0.25) is 0 Å². The predicted octanol–water partition coefficient (Wildman–Crippen LogP) is 4.05. The molecule has 0 fully saturated rings. The van der Waals surface area contributed by atoms with Crippen LogP contribution in [0.15, 0.2) is 93.7 Å². The molecule has 158 valence electrons. The van der Waals surface area contributed by atoms with Crippen LogP contribution in [-0.4, -0.2) is 18.9 Å². The Labute approximate surface area is 188 Å². The van der Waals surface area contributed by atoms with Gasteiger partial charge in [0.25, 0.3) is 11.1 Å². The Hall–Kier alpha value is -3.71. The van der Waals surface area contributed by atoms with E-state index in [0.717, 1.165) is 11.1 Å². The summed E-state index contributed by atoms with van der Waals surface area (Å²) >= 11 is 1.41. The molecule has 0 aliphatic rings. The fourth-order valence-corrected chi connectivity index (χ4v) is 4.52. The van der Waals surface area contributed by atoms with E-state index in [1.165, 1.54) is 11.8 Å². The standard InChI is InChI=1S/C25H20N4O2S/c1-17-11-12-22-26-19(13-23(30)28(22)14-17)16-32-25-27-21-10-6-5-9-20(21)24(31)29(25)15-18-7-3-2-4-8-18/h2-14H,15-16H2,1H3. The van der Waals surface area contributed by atoms with Gasteiger partial charge in [0, 0.05) is 18.0 Å². The lowest BCUT2D eigenvalue weighted by Crippen LogP contribution is -2.24. The van der Waals surface area contributed by atoms with E-state index >= 15 is 0 Å². The van der Waals surface area contributed by atoms with Gasteiger partial charge in [0.05, 0.1) is 23.1 Å². The number of pyridine rings is 1. The quantitative estimate of drug-likeness (QED) is 0.305. The number of para-hydroxylation sites is 1. The predicted molar refractivity (Wildman–Crippen MR) is 127 cm³/mol. The van der Waals surface area contributed by atoms with Crippen molar-refractivity contribution in [3.63, 3.8) is 0 Å². The van der Waals surface area contributed by atoms with Crippen molar-refractivity contribution in [3.05, 3.63) is 117 Å². The first kappa shape index (κ1) is 20.2. The van der Waals surface area contributed by atoms with Gasteiger partial charge < -0.3 is 0 Å². The van der Waals surface area contributed by atoms with Gasteiger partial charge in [-0.1, -0.05) is 60.3 Å².